The molecule has 0 saturated carbocycles. The lowest BCUT2D eigenvalue weighted by molar-refractivity contribution is 0.102. The van der Waals surface area contributed by atoms with Gasteiger partial charge in [0.15, 0.2) is 11.3 Å². The number of carbonyl (C=O) groups is 1. The zero-order valence-corrected chi connectivity index (χ0v) is 19.3. The van der Waals surface area contributed by atoms with Crippen molar-refractivity contribution in [2.24, 2.45) is 0 Å². The average molecular weight is 470 g/mol. The molecule has 5 rings (SSSR count). The van der Waals surface area contributed by atoms with Gasteiger partial charge in [0, 0.05) is 24.2 Å². The lowest BCUT2D eigenvalue weighted by Crippen LogP contribution is -2.26. The summed E-state index contributed by atoms with van der Waals surface area (Å²) in [5.41, 5.74) is 1.86. The monoisotopic (exact) mass is 469 g/mol. The maximum atomic E-state index is 13.4. The zero-order chi connectivity index (χ0) is 24.5. The third-order valence-corrected chi connectivity index (χ3v) is 5.72. The fourth-order valence-corrected chi connectivity index (χ4v) is 3.94. The summed E-state index contributed by atoms with van der Waals surface area (Å²) >= 11 is 0. The van der Waals surface area contributed by atoms with Crippen LogP contribution in [-0.2, 0) is 6.54 Å². The van der Waals surface area contributed by atoms with Crippen molar-refractivity contribution in [1.29, 1.82) is 0 Å². The van der Waals surface area contributed by atoms with E-state index in [2.05, 4.69) is 10.4 Å². The Kier molecular flexibility index (Phi) is 5.76. The van der Waals surface area contributed by atoms with Crippen LogP contribution in [0.4, 0.5) is 5.69 Å². The predicted octanol–water partition coefficient (Wildman–Crippen LogP) is 3.11. The molecule has 2 aromatic heterocycles. The van der Waals surface area contributed by atoms with Gasteiger partial charge in [-0.2, -0.15) is 9.78 Å². The fourth-order valence-electron chi connectivity index (χ4n) is 3.94. The largest absolute Gasteiger partial charge is 0.419 e. The minimum Gasteiger partial charge on any atom is -0.408 e. The SMILES string of the molecule is CN(C)CCn1c(=O)oc2ccc(NC(=O)c3nn(-c4ccccc4)c(=O)c4ccccc34)cc21. The lowest BCUT2D eigenvalue weighted by atomic mass is 10.1. The predicted molar refractivity (Wildman–Crippen MR) is 134 cm³/mol. The van der Waals surface area contributed by atoms with E-state index in [0.717, 1.165) is 0 Å². The number of para-hydroxylation sites is 1. The van der Waals surface area contributed by atoms with Crippen LogP contribution in [0.5, 0.6) is 0 Å². The summed E-state index contributed by atoms with van der Waals surface area (Å²) in [6.07, 6.45) is 0. The molecule has 1 amide bonds. The van der Waals surface area contributed by atoms with E-state index in [1.54, 1.807) is 66.7 Å². The normalized spacial score (nSPS) is 11.4. The summed E-state index contributed by atoms with van der Waals surface area (Å²) in [4.78, 5) is 40.7. The summed E-state index contributed by atoms with van der Waals surface area (Å²) in [5, 5.41) is 8.11. The van der Waals surface area contributed by atoms with E-state index >= 15 is 0 Å². The van der Waals surface area contributed by atoms with E-state index in [0.29, 0.717) is 46.3 Å². The number of likely N-dealkylation sites (N-methyl/N-ethyl adjacent to an activating group) is 1. The van der Waals surface area contributed by atoms with Gasteiger partial charge < -0.3 is 14.6 Å². The van der Waals surface area contributed by atoms with Crippen molar-refractivity contribution in [3.63, 3.8) is 0 Å². The summed E-state index contributed by atoms with van der Waals surface area (Å²) < 4.78 is 8.10. The van der Waals surface area contributed by atoms with Gasteiger partial charge in [-0.15, -0.1) is 0 Å². The molecule has 0 unspecified atom stereocenters. The van der Waals surface area contributed by atoms with Crippen LogP contribution in [-0.4, -0.2) is 45.8 Å². The second-order valence-corrected chi connectivity index (χ2v) is 8.41. The Morgan fingerprint density at radius 1 is 0.971 bits per heavy atom. The molecular weight excluding hydrogens is 446 g/mol. The molecule has 0 aliphatic heterocycles. The smallest absolute Gasteiger partial charge is 0.408 e. The number of oxazole rings is 1. The number of hydrogen-bond acceptors (Lipinski definition) is 6. The number of aromatic nitrogens is 3. The minimum atomic E-state index is -0.476. The van der Waals surface area contributed by atoms with E-state index in [9.17, 15) is 14.4 Å². The molecule has 9 nitrogen and oxygen atoms in total. The second kappa shape index (κ2) is 9.03. The lowest BCUT2D eigenvalue weighted by Gasteiger charge is -2.12. The Morgan fingerprint density at radius 3 is 2.43 bits per heavy atom. The maximum absolute atomic E-state index is 13.4. The Balaban J connectivity index is 1.56. The van der Waals surface area contributed by atoms with Crippen LogP contribution in [0.3, 0.4) is 0 Å². The van der Waals surface area contributed by atoms with E-state index in [1.807, 2.05) is 25.1 Å². The molecule has 0 atom stereocenters. The molecule has 0 spiro atoms. The molecule has 1 N–H and O–H groups in total. The first-order valence-electron chi connectivity index (χ1n) is 11.1. The highest BCUT2D eigenvalue weighted by Crippen LogP contribution is 2.21. The average Bonchev–Trinajstić information content (AvgIpc) is 3.17. The topological polar surface area (TPSA) is 102 Å². The number of amides is 1. The van der Waals surface area contributed by atoms with Gasteiger partial charge in [0.05, 0.1) is 16.6 Å². The van der Waals surface area contributed by atoms with Crippen molar-refractivity contribution in [1.82, 2.24) is 19.2 Å². The van der Waals surface area contributed by atoms with Gasteiger partial charge in [0.25, 0.3) is 11.5 Å². The van der Waals surface area contributed by atoms with Crippen LogP contribution in [0.1, 0.15) is 10.5 Å². The number of carbonyl (C=O) groups excluding carboxylic acids is 1. The standard InChI is InChI=1S/C26H23N5O4/c1-29(2)14-15-30-21-16-17(12-13-22(21)35-26(30)34)27-24(32)23-19-10-6-7-11-20(19)25(33)31(28-23)18-8-4-3-5-9-18/h3-13,16H,14-15H2,1-2H3,(H,27,32). The van der Waals surface area contributed by atoms with Crippen LogP contribution in [0, 0.1) is 0 Å². The van der Waals surface area contributed by atoms with E-state index < -0.39 is 11.7 Å². The third kappa shape index (κ3) is 4.24. The molecular formula is C26H23N5O4. The van der Waals surface area contributed by atoms with Gasteiger partial charge in [-0.05, 0) is 50.5 Å². The molecule has 5 aromatic rings. The second-order valence-electron chi connectivity index (χ2n) is 8.41. The highest BCUT2D eigenvalue weighted by molar-refractivity contribution is 6.11. The Bertz CT molecular complexity index is 1660. The van der Waals surface area contributed by atoms with E-state index in [4.69, 9.17) is 4.42 Å². The zero-order valence-electron chi connectivity index (χ0n) is 19.3. The summed E-state index contributed by atoms with van der Waals surface area (Å²) in [5.74, 6) is -0.927. The van der Waals surface area contributed by atoms with E-state index in [-0.39, 0.29) is 11.3 Å². The molecule has 3 aromatic carbocycles. The number of nitrogens with zero attached hydrogens (tertiary/aromatic N) is 4. The molecule has 0 aliphatic carbocycles. The number of hydrogen-bond donors (Lipinski definition) is 1. The summed E-state index contributed by atoms with van der Waals surface area (Å²) in [6.45, 7) is 1.10. The Morgan fingerprint density at radius 2 is 1.69 bits per heavy atom. The molecule has 35 heavy (non-hydrogen) atoms. The first kappa shape index (κ1) is 22.3. The maximum Gasteiger partial charge on any atom is 0.419 e. The minimum absolute atomic E-state index is 0.112. The van der Waals surface area contributed by atoms with Crippen molar-refractivity contribution in [2.45, 2.75) is 6.54 Å². The number of nitrogens with one attached hydrogen (secondary N) is 1. The quantitative estimate of drug-likeness (QED) is 0.410. The van der Waals surface area contributed by atoms with E-state index in [1.165, 1.54) is 9.25 Å². The van der Waals surface area contributed by atoms with Crippen molar-refractivity contribution in [3.05, 3.63) is 99.4 Å². The number of benzene rings is 3. The number of rotatable bonds is 6. The van der Waals surface area contributed by atoms with Crippen molar-refractivity contribution in [3.8, 4) is 5.69 Å². The molecule has 2 heterocycles. The first-order chi connectivity index (χ1) is 16.9. The third-order valence-electron chi connectivity index (χ3n) is 5.72. The van der Waals surface area contributed by atoms with Crippen LogP contribution in [0.25, 0.3) is 27.6 Å². The van der Waals surface area contributed by atoms with Gasteiger partial charge in [-0.3, -0.25) is 14.2 Å². The molecule has 0 fully saturated rings. The highest BCUT2D eigenvalue weighted by atomic mass is 16.4. The summed E-state index contributed by atoms with van der Waals surface area (Å²) in [6, 6.07) is 20.8. The molecule has 0 saturated heterocycles. The highest BCUT2D eigenvalue weighted by Gasteiger charge is 2.18. The molecule has 176 valence electrons. The van der Waals surface area contributed by atoms with Crippen LogP contribution in [0.2, 0.25) is 0 Å². The van der Waals surface area contributed by atoms with Gasteiger partial charge in [-0.1, -0.05) is 36.4 Å². The first-order valence-corrected chi connectivity index (χ1v) is 11.1. The van der Waals surface area contributed by atoms with Gasteiger partial charge in [-0.25, -0.2) is 4.79 Å². The van der Waals surface area contributed by atoms with Crippen LogP contribution >= 0.6 is 0 Å². The van der Waals surface area contributed by atoms with Crippen molar-refractivity contribution < 1.29 is 9.21 Å². The van der Waals surface area contributed by atoms with Crippen LogP contribution in [0.15, 0.2) is 86.8 Å². The molecule has 0 aliphatic rings. The van der Waals surface area contributed by atoms with Gasteiger partial charge >= 0.3 is 5.76 Å². The summed E-state index contributed by atoms with van der Waals surface area (Å²) in [7, 11) is 3.84. The molecule has 0 bridgehead atoms. The van der Waals surface area contributed by atoms with Crippen LogP contribution < -0.4 is 16.6 Å². The molecule has 9 heteroatoms. The Hall–Kier alpha value is -4.50. The fraction of sp³-hybridized carbons (Fsp3) is 0.154. The van der Waals surface area contributed by atoms with Crippen molar-refractivity contribution in [2.75, 3.05) is 26.0 Å². The Labute approximate surface area is 199 Å². The number of anilines is 1. The number of fused-ring (bicyclic) bond motifs is 2. The van der Waals surface area contributed by atoms with Gasteiger partial charge in [0.1, 0.15) is 0 Å². The van der Waals surface area contributed by atoms with Crippen molar-refractivity contribution >= 4 is 33.5 Å². The molecule has 0 radical (unpaired) electrons. The van der Waals surface area contributed by atoms with Gasteiger partial charge in [0.2, 0.25) is 0 Å².